The maximum atomic E-state index is 12.3. The van der Waals surface area contributed by atoms with Crippen LogP contribution in [0.2, 0.25) is 0 Å². The summed E-state index contributed by atoms with van der Waals surface area (Å²) in [5, 5.41) is 8.23. The minimum absolute atomic E-state index is 0.208. The van der Waals surface area contributed by atoms with Crippen molar-refractivity contribution in [1.82, 2.24) is 5.32 Å². The largest absolute Gasteiger partial charge is 0.467 e. The molecule has 0 aliphatic heterocycles. The van der Waals surface area contributed by atoms with Gasteiger partial charge in [-0.2, -0.15) is 0 Å². The Hall–Kier alpha value is -3.58. The number of anilines is 2. The van der Waals surface area contributed by atoms with E-state index in [1.807, 2.05) is 12.1 Å². The third-order valence-corrected chi connectivity index (χ3v) is 3.93. The molecular formula is C21H21N3O4. The quantitative estimate of drug-likeness (QED) is 0.578. The van der Waals surface area contributed by atoms with Gasteiger partial charge < -0.3 is 25.1 Å². The molecule has 0 bridgehead atoms. The van der Waals surface area contributed by atoms with Crippen LogP contribution in [0.3, 0.4) is 0 Å². The number of urea groups is 1. The molecule has 28 heavy (non-hydrogen) atoms. The van der Waals surface area contributed by atoms with Gasteiger partial charge in [0.1, 0.15) is 5.76 Å². The van der Waals surface area contributed by atoms with Crippen molar-refractivity contribution in [1.29, 1.82) is 0 Å². The Labute approximate surface area is 162 Å². The average Bonchev–Trinajstić information content (AvgIpc) is 3.22. The molecule has 0 saturated carbocycles. The second-order valence-electron chi connectivity index (χ2n) is 6.05. The third-order valence-electron chi connectivity index (χ3n) is 3.93. The highest BCUT2D eigenvalue weighted by Crippen LogP contribution is 2.15. The number of hydrogen-bond acceptors (Lipinski definition) is 4. The topological polar surface area (TPSA) is 92.6 Å². The van der Waals surface area contributed by atoms with Gasteiger partial charge in [0.15, 0.2) is 0 Å². The Morgan fingerprint density at radius 3 is 2.21 bits per heavy atom. The number of rotatable bonds is 7. The lowest BCUT2D eigenvalue weighted by atomic mass is 10.1. The zero-order valence-corrected chi connectivity index (χ0v) is 15.4. The first-order chi connectivity index (χ1) is 13.6. The third kappa shape index (κ3) is 5.46. The lowest BCUT2D eigenvalue weighted by Crippen LogP contribution is -2.27. The van der Waals surface area contributed by atoms with E-state index in [2.05, 4.69) is 16.0 Å². The molecule has 1 aromatic heterocycles. The highest BCUT2D eigenvalue weighted by atomic mass is 16.5. The molecule has 2 aromatic carbocycles. The zero-order chi connectivity index (χ0) is 19.8. The first kappa shape index (κ1) is 19.2. The van der Waals surface area contributed by atoms with Gasteiger partial charge in [0, 0.05) is 24.0 Å². The first-order valence-corrected chi connectivity index (χ1v) is 8.70. The summed E-state index contributed by atoms with van der Waals surface area (Å²) in [6, 6.07) is 17.3. The van der Waals surface area contributed by atoms with Crippen LogP contribution < -0.4 is 16.0 Å². The highest BCUT2D eigenvalue weighted by Gasteiger charge is 2.07. The predicted octanol–water partition coefficient (Wildman–Crippen LogP) is 4.00. The summed E-state index contributed by atoms with van der Waals surface area (Å²) in [4.78, 5) is 24.2. The van der Waals surface area contributed by atoms with Crippen LogP contribution in [-0.4, -0.2) is 19.0 Å². The molecule has 3 N–H and O–H groups in total. The van der Waals surface area contributed by atoms with Gasteiger partial charge in [-0.15, -0.1) is 0 Å². The van der Waals surface area contributed by atoms with Crippen molar-refractivity contribution in [2.75, 3.05) is 17.7 Å². The second kappa shape index (κ2) is 9.38. The van der Waals surface area contributed by atoms with E-state index in [4.69, 9.17) is 9.15 Å². The van der Waals surface area contributed by atoms with Crippen molar-refractivity contribution in [2.24, 2.45) is 0 Å². The van der Waals surface area contributed by atoms with Crippen molar-refractivity contribution >= 4 is 23.3 Å². The van der Waals surface area contributed by atoms with E-state index in [0.717, 1.165) is 5.56 Å². The van der Waals surface area contributed by atoms with Gasteiger partial charge in [-0.05, 0) is 54.1 Å². The normalized spacial score (nSPS) is 10.3. The molecule has 0 atom stereocenters. The average molecular weight is 379 g/mol. The van der Waals surface area contributed by atoms with E-state index >= 15 is 0 Å². The van der Waals surface area contributed by atoms with E-state index in [1.165, 1.54) is 0 Å². The second-order valence-corrected chi connectivity index (χ2v) is 6.05. The number of ether oxygens (including phenoxy) is 1. The van der Waals surface area contributed by atoms with Crippen molar-refractivity contribution in [2.45, 2.75) is 13.2 Å². The van der Waals surface area contributed by atoms with Crippen LogP contribution in [0.25, 0.3) is 0 Å². The maximum absolute atomic E-state index is 12.3. The van der Waals surface area contributed by atoms with E-state index < -0.39 is 0 Å². The lowest BCUT2D eigenvalue weighted by molar-refractivity contribution is 0.102. The summed E-state index contributed by atoms with van der Waals surface area (Å²) < 4.78 is 10.2. The zero-order valence-electron chi connectivity index (χ0n) is 15.4. The van der Waals surface area contributed by atoms with Gasteiger partial charge >= 0.3 is 6.03 Å². The van der Waals surface area contributed by atoms with E-state index in [1.54, 1.807) is 61.9 Å². The molecule has 3 amide bonds. The molecule has 7 nitrogen and oxygen atoms in total. The van der Waals surface area contributed by atoms with Crippen LogP contribution >= 0.6 is 0 Å². The number of carbonyl (C=O) groups is 2. The lowest BCUT2D eigenvalue weighted by Gasteiger charge is -2.09. The Kier molecular flexibility index (Phi) is 6.43. The highest BCUT2D eigenvalue weighted by molar-refractivity contribution is 6.04. The molecule has 3 aromatic rings. The van der Waals surface area contributed by atoms with Crippen LogP contribution in [0.4, 0.5) is 16.2 Å². The SMILES string of the molecule is COCc1ccc(C(=O)Nc2ccc(NC(=O)NCc3ccco3)cc2)cc1. The molecule has 144 valence electrons. The van der Waals surface area contributed by atoms with E-state index in [9.17, 15) is 9.59 Å². The summed E-state index contributed by atoms with van der Waals surface area (Å²) in [6.07, 6.45) is 1.55. The summed E-state index contributed by atoms with van der Waals surface area (Å²) in [6.45, 7) is 0.807. The minimum atomic E-state index is -0.343. The molecule has 7 heteroatoms. The molecule has 0 spiro atoms. The molecular weight excluding hydrogens is 358 g/mol. The fourth-order valence-corrected chi connectivity index (χ4v) is 2.52. The van der Waals surface area contributed by atoms with Crippen molar-refractivity contribution in [3.63, 3.8) is 0 Å². The van der Waals surface area contributed by atoms with Crippen LogP contribution in [-0.2, 0) is 17.9 Å². The van der Waals surface area contributed by atoms with Crippen LogP contribution in [0.5, 0.6) is 0 Å². The predicted molar refractivity (Wildman–Crippen MR) is 106 cm³/mol. The van der Waals surface area contributed by atoms with Crippen molar-refractivity contribution < 1.29 is 18.7 Å². The Morgan fingerprint density at radius 1 is 0.929 bits per heavy atom. The molecule has 0 unspecified atom stereocenters. The van der Waals surface area contributed by atoms with Gasteiger partial charge in [0.25, 0.3) is 5.91 Å². The number of carbonyl (C=O) groups excluding carboxylic acids is 2. The van der Waals surface area contributed by atoms with Crippen molar-refractivity contribution in [3.05, 3.63) is 83.8 Å². The van der Waals surface area contributed by atoms with Crippen molar-refractivity contribution in [3.8, 4) is 0 Å². The monoisotopic (exact) mass is 379 g/mol. The maximum Gasteiger partial charge on any atom is 0.319 e. The standard InChI is InChI=1S/C21H21N3O4/c1-27-14-15-4-6-16(7-5-15)20(25)23-17-8-10-18(11-9-17)24-21(26)22-13-19-3-2-12-28-19/h2-12H,13-14H2,1H3,(H,23,25)(H2,22,24,26). The Balaban J connectivity index is 1.50. The number of furan rings is 1. The van der Waals surface area contributed by atoms with Crippen LogP contribution in [0, 0.1) is 0 Å². The Morgan fingerprint density at radius 2 is 1.61 bits per heavy atom. The van der Waals surface area contributed by atoms with E-state index in [-0.39, 0.29) is 11.9 Å². The van der Waals surface area contributed by atoms with Gasteiger partial charge in [0.05, 0.1) is 19.4 Å². The summed E-state index contributed by atoms with van der Waals surface area (Å²) in [5.74, 6) is 0.462. The molecule has 0 saturated heterocycles. The Bertz CT molecular complexity index is 904. The molecule has 0 radical (unpaired) electrons. The molecule has 0 aliphatic rings. The summed E-state index contributed by atoms with van der Waals surface area (Å²) >= 11 is 0. The number of methoxy groups -OCH3 is 1. The van der Waals surface area contributed by atoms with Gasteiger partial charge in [-0.25, -0.2) is 4.79 Å². The molecule has 3 rings (SSSR count). The van der Waals surface area contributed by atoms with Gasteiger partial charge in [0.2, 0.25) is 0 Å². The van der Waals surface area contributed by atoms with Crippen LogP contribution in [0.1, 0.15) is 21.7 Å². The smallest absolute Gasteiger partial charge is 0.319 e. The summed E-state index contributed by atoms with van der Waals surface area (Å²) in [5.41, 5.74) is 2.80. The number of hydrogen-bond donors (Lipinski definition) is 3. The molecule has 1 heterocycles. The van der Waals surface area contributed by atoms with Gasteiger partial charge in [-0.3, -0.25) is 4.79 Å². The number of nitrogens with one attached hydrogen (secondary N) is 3. The van der Waals surface area contributed by atoms with E-state index in [0.29, 0.717) is 35.9 Å². The first-order valence-electron chi connectivity index (χ1n) is 8.70. The van der Waals surface area contributed by atoms with Gasteiger partial charge in [-0.1, -0.05) is 12.1 Å². The number of benzene rings is 2. The molecule has 0 aliphatic carbocycles. The van der Waals surface area contributed by atoms with Crippen LogP contribution in [0.15, 0.2) is 71.3 Å². The minimum Gasteiger partial charge on any atom is -0.467 e. The fourth-order valence-electron chi connectivity index (χ4n) is 2.52. The molecule has 0 fully saturated rings. The number of amides is 3. The fraction of sp³-hybridized carbons (Fsp3) is 0.143. The summed E-state index contributed by atoms with van der Waals surface area (Å²) in [7, 11) is 1.63.